The van der Waals surface area contributed by atoms with Crippen molar-refractivity contribution < 1.29 is 0 Å². The second-order valence-electron chi connectivity index (χ2n) is 5.87. The maximum Gasteiger partial charge on any atom is 0.191 e. The minimum atomic E-state index is 0. The van der Waals surface area contributed by atoms with Crippen LogP contribution in [0, 0.1) is 6.92 Å². The molecule has 0 bridgehead atoms. The van der Waals surface area contributed by atoms with Crippen molar-refractivity contribution in [1.82, 2.24) is 20.5 Å². The third-order valence-corrected chi connectivity index (χ3v) is 4.96. The van der Waals surface area contributed by atoms with Gasteiger partial charge in [0.2, 0.25) is 0 Å². The van der Waals surface area contributed by atoms with E-state index >= 15 is 0 Å². The summed E-state index contributed by atoms with van der Waals surface area (Å²) in [5.74, 6) is 0.919. The highest BCUT2D eigenvalue weighted by Gasteiger charge is 2.19. The van der Waals surface area contributed by atoms with E-state index < -0.39 is 0 Å². The van der Waals surface area contributed by atoms with Crippen LogP contribution in [0.4, 0.5) is 0 Å². The fourth-order valence-corrected chi connectivity index (χ4v) is 3.60. The zero-order valence-corrected chi connectivity index (χ0v) is 17.6. The summed E-state index contributed by atoms with van der Waals surface area (Å²) in [6.07, 6.45) is 6.54. The highest BCUT2D eigenvalue weighted by Crippen LogP contribution is 2.11. The number of likely N-dealkylation sites (tertiary alicyclic amines) is 1. The number of piperidine rings is 1. The molecule has 1 fully saturated rings. The fourth-order valence-electron chi connectivity index (χ4n) is 2.81. The molecular formula is C16H30IN5S. The maximum absolute atomic E-state index is 4.39. The van der Waals surface area contributed by atoms with Gasteiger partial charge in [0.25, 0.3) is 0 Å². The van der Waals surface area contributed by atoms with Crippen molar-refractivity contribution >= 4 is 41.3 Å². The second kappa shape index (κ2) is 11.2. The zero-order chi connectivity index (χ0) is 15.8. The lowest BCUT2D eigenvalue weighted by Crippen LogP contribution is -2.49. The number of hydrogen-bond acceptors (Lipinski definition) is 4. The number of aliphatic imine (C=N–C) groups is 1. The third kappa shape index (κ3) is 7.34. The van der Waals surface area contributed by atoms with Gasteiger partial charge < -0.3 is 15.5 Å². The first kappa shape index (κ1) is 20.6. The Bertz CT molecular complexity index is 469. The molecule has 5 nitrogen and oxygen atoms in total. The minimum absolute atomic E-state index is 0. The summed E-state index contributed by atoms with van der Waals surface area (Å²) in [4.78, 5) is 12.6. The van der Waals surface area contributed by atoms with E-state index in [0.29, 0.717) is 6.04 Å². The Morgan fingerprint density at radius 2 is 2.17 bits per heavy atom. The number of nitrogens with one attached hydrogen (secondary N) is 2. The summed E-state index contributed by atoms with van der Waals surface area (Å²) in [5.41, 5.74) is 0. The largest absolute Gasteiger partial charge is 0.356 e. The SMILES string of the molecule is CCCN1CCC(NC(=NC)NCCc2ncc(C)s2)CC1.I. The Balaban J connectivity index is 0.00000264. The van der Waals surface area contributed by atoms with E-state index in [-0.39, 0.29) is 24.0 Å². The Hall–Kier alpha value is -0.410. The minimum Gasteiger partial charge on any atom is -0.356 e. The van der Waals surface area contributed by atoms with Gasteiger partial charge in [0.15, 0.2) is 5.96 Å². The molecule has 0 atom stereocenters. The lowest BCUT2D eigenvalue weighted by Gasteiger charge is -2.32. The highest BCUT2D eigenvalue weighted by atomic mass is 127. The monoisotopic (exact) mass is 451 g/mol. The molecule has 0 spiro atoms. The van der Waals surface area contributed by atoms with E-state index in [0.717, 1.165) is 18.9 Å². The second-order valence-corrected chi connectivity index (χ2v) is 7.19. The molecule has 1 saturated heterocycles. The van der Waals surface area contributed by atoms with Crippen molar-refractivity contribution in [1.29, 1.82) is 0 Å². The number of guanidine groups is 1. The molecule has 2 rings (SSSR count). The van der Waals surface area contributed by atoms with Crippen LogP contribution in [0.2, 0.25) is 0 Å². The van der Waals surface area contributed by atoms with Crippen molar-refractivity contribution in [2.45, 2.75) is 45.6 Å². The number of thiazole rings is 1. The molecule has 1 aromatic rings. The first-order valence-corrected chi connectivity index (χ1v) is 9.13. The van der Waals surface area contributed by atoms with Gasteiger partial charge in [-0.25, -0.2) is 4.98 Å². The van der Waals surface area contributed by atoms with Crippen molar-refractivity contribution in [3.63, 3.8) is 0 Å². The van der Waals surface area contributed by atoms with Crippen LogP contribution in [0.1, 0.15) is 36.1 Å². The van der Waals surface area contributed by atoms with Crippen LogP contribution < -0.4 is 10.6 Å². The number of aryl methyl sites for hydroxylation is 1. The number of nitrogens with zero attached hydrogens (tertiary/aromatic N) is 3. The van der Waals surface area contributed by atoms with Gasteiger partial charge >= 0.3 is 0 Å². The molecular weight excluding hydrogens is 421 g/mol. The van der Waals surface area contributed by atoms with E-state index in [1.54, 1.807) is 11.3 Å². The van der Waals surface area contributed by atoms with E-state index in [4.69, 9.17) is 0 Å². The summed E-state index contributed by atoms with van der Waals surface area (Å²) in [6, 6.07) is 0.543. The van der Waals surface area contributed by atoms with Gasteiger partial charge in [-0.15, -0.1) is 35.3 Å². The Morgan fingerprint density at radius 1 is 1.43 bits per heavy atom. The zero-order valence-electron chi connectivity index (χ0n) is 14.5. The van der Waals surface area contributed by atoms with Crippen molar-refractivity contribution in [3.05, 3.63) is 16.1 Å². The van der Waals surface area contributed by atoms with Crippen LogP contribution in [0.15, 0.2) is 11.2 Å². The van der Waals surface area contributed by atoms with Crippen molar-refractivity contribution in [2.24, 2.45) is 4.99 Å². The molecule has 132 valence electrons. The Morgan fingerprint density at radius 3 is 2.74 bits per heavy atom. The molecule has 0 unspecified atom stereocenters. The first-order chi connectivity index (χ1) is 10.7. The number of hydrogen-bond donors (Lipinski definition) is 2. The van der Waals surface area contributed by atoms with E-state index in [2.05, 4.69) is 39.4 Å². The molecule has 7 heteroatoms. The number of rotatable bonds is 6. The van der Waals surface area contributed by atoms with Gasteiger partial charge in [0.05, 0.1) is 5.01 Å². The number of halogens is 1. The van der Waals surface area contributed by atoms with E-state index in [1.165, 1.54) is 48.8 Å². The van der Waals surface area contributed by atoms with Gasteiger partial charge in [-0.05, 0) is 32.7 Å². The molecule has 0 aliphatic carbocycles. The van der Waals surface area contributed by atoms with Gasteiger partial charge in [-0.1, -0.05) is 6.92 Å². The lowest BCUT2D eigenvalue weighted by molar-refractivity contribution is 0.206. The topological polar surface area (TPSA) is 52.5 Å². The molecule has 1 aliphatic heterocycles. The number of aromatic nitrogens is 1. The molecule has 2 N–H and O–H groups in total. The van der Waals surface area contributed by atoms with Gasteiger partial charge in [0.1, 0.15) is 0 Å². The summed E-state index contributed by atoms with van der Waals surface area (Å²) in [5, 5.41) is 8.15. The first-order valence-electron chi connectivity index (χ1n) is 8.32. The van der Waals surface area contributed by atoms with Crippen molar-refractivity contribution in [3.8, 4) is 0 Å². The van der Waals surface area contributed by atoms with Gasteiger partial charge in [-0.3, -0.25) is 4.99 Å². The maximum atomic E-state index is 4.39. The summed E-state index contributed by atoms with van der Waals surface area (Å²) in [7, 11) is 1.84. The summed E-state index contributed by atoms with van der Waals surface area (Å²) in [6.45, 7) is 8.84. The molecule has 0 aromatic carbocycles. The average molecular weight is 451 g/mol. The van der Waals surface area contributed by atoms with E-state index in [1.807, 2.05) is 13.2 Å². The van der Waals surface area contributed by atoms with Crippen LogP contribution in [-0.4, -0.2) is 55.1 Å². The van der Waals surface area contributed by atoms with Crippen molar-refractivity contribution in [2.75, 3.05) is 33.2 Å². The van der Waals surface area contributed by atoms with Crippen LogP contribution in [-0.2, 0) is 6.42 Å². The Kier molecular flexibility index (Phi) is 10.0. The normalized spacial score (nSPS) is 16.9. The van der Waals surface area contributed by atoms with Crippen LogP contribution in [0.5, 0.6) is 0 Å². The van der Waals surface area contributed by atoms with Gasteiger partial charge in [0, 0.05) is 50.2 Å². The molecule has 0 amide bonds. The smallest absolute Gasteiger partial charge is 0.191 e. The standard InChI is InChI=1S/C16H29N5S.HI/c1-4-9-21-10-6-14(7-11-21)20-16(17-3)18-8-5-15-19-12-13(2)22-15;/h12,14H,4-11H2,1-3H3,(H2,17,18,20);1H. The van der Waals surface area contributed by atoms with Crippen LogP contribution in [0.25, 0.3) is 0 Å². The average Bonchev–Trinajstić information content (AvgIpc) is 2.94. The molecule has 1 aliphatic rings. The summed E-state index contributed by atoms with van der Waals surface area (Å²) < 4.78 is 0. The molecule has 2 heterocycles. The molecule has 1 aromatic heterocycles. The molecule has 0 radical (unpaired) electrons. The van der Waals surface area contributed by atoms with Crippen LogP contribution in [0.3, 0.4) is 0 Å². The molecule has 23 heavy (non-hydrogen) atoms. The quantitative estimate of drug-likeness (QED) is 0.397. The summed E-state index contributed by atoms with van der Waals surface area (Å²) >= 11 is 1.77. The van der Waals surface area contributed by atoms with E-state index in [9.17, 15) is 0 Å². The fraction of sp³-hybridized carbons (Fsp3) is 0.750. The van der Waals surface area contributed by atoms with Crippen LogP contribution >= 0.6 is 35.3 Å². The predicted molar refractivity (Wildman–Crippen MR) is 110 cm³/mol. The lowest BCUT2D eigenvalue weighted by atomic mass is 10.1. The van der Waals surface area contributed by atoms with Gasteiger partial charge in [-0.2, -0.15) is 0 Å². The predicted octanol–water partition coefficient (Wildman–Crippen LogP) is 2.65. The highest BCUT2D eigenvalue weighted by molar-refractivity contribution is 14.0. The molecule has 0 saturated carbocycles. The third-order valence-electron chi connectivity index (χ3n) is 3.99. The Labute approximate surface area is 161 Å².